The first-order valence-corrected chi connectivity index (χ1v) is 4.92. The number of nitrogens with two attached hydrogens (primary N) is 1. The summed E-state index contributed by atoms with van der Waals surface area (Å²) in [7, 11) is 0. The highest BCUT2D eigenvalue weighted by Gasteiger charge is 2.21. The molecule has 0 fully saturated rings. The molecule has 1 aromatic rings. The molecule has 0 amide bonds. The number of fused-ring (bicyclic) bond motifs is 1. The minimum absolute atomic E-state index is 0.132. The first-order valence-electron chi connectivity index (χ1n) is 3.84. The Kier molecular flexibility index (Phi) is 2.24. The molecule has 0 atom stereocenters. The Morgan fingerprint density at radius 3 is 3.15 bits per heavy atom. The second-order valence-electron chi connectivity index (χ2n) is 2.78. The summed E-state index contributed by atoms with van der Waals surface area (Å²) in [4.78, 5) is 11.1. The molecule has 0 saturated heterocycles. The van der Waals surface area contributed by atoms with Crippen molar-refractivity contribution in [3.8, 4) is 0 Å². The third kappa shape index (κ3) is 1.44. The van der Waals surface area contributed by atoms with Gasteiger partial charge in [0.1, 0.15) is 0 Å². The van der Waals surface area contributed by atoms with Gasteiger partial charge in [0.05, 0.1) is 18.9 Å². The molecule has 6 heteroatoms. The van der Waals surface area contributed by atoms with Crippen molar-refractivity contribution in [1.29, 1.82) is 0 Å². The van der Waals surface area contributed by atoms with Crippen LogP contribution in [0.15, 0.2) is 0 Å². The summed E-state index contributed by atoms with van der Waals surface area (Å²) >= 11 is 1.69. The number of halogens is 1. The van der Waals surface area contributed by atoms with Crippen molar-refractivity contribution in [2.75, 3.05) is 12.3 Å². The number of carbonyl (C=O) groups is 1. The Bertz CT molecular complexity index is 361. The molecule has 5 nitrogen and oxygen atoms in total. The van der Waals surface area contributed by atoms with Gasteiger partial charge in [-0.25, -0.2) is 0 Å². The van der Waals surface area contributed by atoms with E-state index in [0.29, 0.717) is 25.5 Å². The van der Waals surface area contributed by atoms with Gasteiger partial charge in [-0.2, -0.15) is 4.68 Å². The molecule has 2 N–H and O–H groups in total. The van der Waals surface area contributed by atoms with Crippen molar-refractivity contribution in [1.82, 2.24) is 9.78 Å². The number of nitrogen functional groups attached to an aromatic ring is 1. The number of aromatic nitrogens is 2. The normalized spacial score (nSPS) is 15.5. The number of anilines is 1. The van der Waals surface area contributed by atoms with Gasteiger partial charge in [0.2, 0.25) is 0 Å². The van der Waals surface area contributed by atoms with E-state index in [1.165, 1.54) is 4.68 Å². The van der Waals surface area contributed by atoms with Gasteiger partial charge in [-0.1, -0.05) is 0 Å². The molecule has 0 unspecified atom stereocenters. The fraction of sp³-hybridized carbons (Fsp3) is 0.429. The van der Waals surface area contributed by atoms with Crippen molar-refractivity contribution in [3.05, 3.63) is 11.3 Å². The van der Waals surface area contributed by atoms with E-state index in [0.717, 1.165) is 11.3 Å². The molecule has 0 aromatic carbocycles. The SMILES string of the molecule is Nc1nn(C(=O)I)c2c1COCC2. The first-order chi connectivity index (χ1) is 6.20. The van der Waals surface area contributed by atoms with Crippen molar-refractivity contribution in [2.45, 2.75) is 13.0 Å². The zero-order valence-electron chi connectivity index (χ0n) is 6.79. The van der Waals surface area contributed by atoms with Gasteiger partial charge >= 0.3 is 3.91 Å². The van der Waals surface area contributed by atoms with Gasteiger partial charge in [-0.15, -0.1) is 5.10 Å². The van der Waals surface area contributed by atoms with Crippen molar-refractivity contribution < 1.29 is 9.53 Å². The second kappa shape index (κ2) is 3.26. The Balaban J connectivity index is 2.53. The van der Waals surface area contributed by atoms with Gasteiger partial charge in [0, 0.05) is 34.6 Å². The third-order valence-corrected chi connectivity index (χ3v) is 2.47. The molecule has 1 aliphatic heterocycles. The highest BCUT2D eigenvalue weighted by molar-refractivity contribution is 14.1. The highest BCUT2D eigenvalue weighted by atomic mass is 127. The van der Waals surface area contributed by atoms with Crippen LogP contribution in [0.5, 0.6) is 0 Å². The summed E-state index contributed by atoms with van der Waals surface area (Å²) in [5.41, 5.74) is 7.38. The van der Waals surface area contributed by atoms with E-state index in [2.05, 4.69) is 5.10 Å². The lowest BCUT2D eigenvalue weighted by atomic mass is 10.1. The van der Waals surface area contributed by atoms with Crippen LogP contribution in [-0.2, 0) is 17.8 Å². The fourth-order valence-electron chi connectivity index (χ4n) is 1.41. The standard InChI is InChI=1S/C7H8IN3O2/c8-7(12)11-5-1-2-13-3-4(5)6(9)10-11/h1-3H2,(H2,9,10). The largest absolute Gasteiger partial charge is 0.382 e. The summed E-state index contributed by atoms with van der Waals surface area (Å²) in [5.74, 6) is 0.403. The number of carbonyl (C=O) groups excluding carboxylic acids is 1. The van der Waals surface area contributed by atoms with Crippen LogP contribution in [0.3, 0.4) is 0 Å². The molecule has 0 aliphatic carbocycles. The van der Waals surface area contributed by atoms with E-state index in [9.17, 15) is 4.79 Å². The van der Waals surface area contributed by atoms with Crippen LogP contribution in [0.2, 0.25) is 0 Å². The number of hydrogen-bond acceptors (Lipinski definition) is 4. The second-order valence-corrected chi connectivity index (χ2v) is 3.70. The summed E-state index contributed by atoms with van der Waals surface area (Å²) < 4.78 is 6.45. The fourth-order valence-corrected chi connectivity index (χ4v) is 1.81. The van der Waals surface area contributed by atoms with Crippen LogP contribution < -0.4 is 5.73 Å². The molecule has 70 valence electrons. The Morgan fingerprint density at radius 2 is 2.46 bits per heavy atom. The monoisotopic (exact) mass is 293 g/mol. The predicted molar refractivity (Wildman–Crippen MR) is 54.8 cm³/mol. The van der Waals surface area contributed by atoms with Crippen LogP contribution in [-0.4, -0.2) is 20.3 Å². The topological polar surface area (TPSA) is 70.1 Å². The Hall–Kier alpha value is -0.630. The number of hydrogen-bond donors (Lipinski definition) is 1. The molecule has 2 heterocycles. The Labute approximate surface area is 88.4 Å². The zero-order valence-corrected chi connectivity index (χ0v) is 8.95. The quantitative estimate of drug-likeness (QED) is 0.571. The predicted octanol–water partition coefficient (Wildman–Crippen LogP) is 0.941. The van der Waals surface area contributed by atoms with Gasteiger partial charge < -0.3 is 10.5 Å². The average molecular weight is 293 g/mol. The number of ether oxygens (including phenoxy) is 1. The molecule has 0 bridgehead atoms. The van der Waals surface area contributed by atoms with E-state index in [1.807, 2.05) is 0 Å². The van der Waals surface area contributed by atoms with Crippen LogP contribution in [0, 0.1) is 0 Å². The summed E-state index contributed by atoms with van der Waals surface area (Å²) in [6.07, 6.45) is 0.703. The maximum absolute atomic E-state index is 11.1. The van der Waals surface area contributed by atoms with Crippen molar-refractivity contribution >= 4 is 32.3 Å². The number of nitrogens with zero attached hydrogens (tertiary/aromatic N) is 2. The smallest absolute Gasteiger partial charge is 0.307 e. The lowest BCUT2D eigenvalue weighted by Gasteiger charge is -2.12. The molecular weight excluding hydrogens is 285 g/mol. The van der Waals surface area contributed by atoms with Gasteiger partial charge in [0.15, 0.2) is 5.82 Å². The van der Waals surface area contributed by atoms with E-state index >= 15 is 0 Å². The first kappa shape index (κ1) is 8.95. The van der Waals surface area contributed by atoms with Crippen molar-refractivity contribution in [2.24, 2.45) is 0 Å². The number of rotatable bonds is 0. The summed E-state index contributed by atoms with van der Waals surface area (Å²) in [6, 6.07) is 0. The minimum Gasteiger partial charge on any atom is -0.382 e. The van der Waals surface area contributed by atoms with Crippen LogP contribution in [0.4, 0.5) is 10.6 Å². The average Bonchev–Trinajstić information content (AvgIpc) is 2.45. The Morgan fingerprint density at radius 1 is 1.69 bits per heavy atom. The maximum atomic E-state index is 11.1. The van der Waals surface area contributed by atoms with Gasteiger partial charge in [-0.3, -0.25) is 4.79 Å². The van der Waals surface area contributed by atoms with Crippen LogP contribution >= 0.6 is 22.6 Å². The van der Waals surface area contributed by atoms with E-state index in [-0.39, 0.29) is 3.91 Å². The maximum Gasteiger partial charge on any atom is 0.307 e. The van der Waals surface area contributed by atoms with E-state index < -0.39 is 0 Å². The molecule has 0 saturated carbocycles. The summed E-state index contributed by atoms with van der Waals surface area (Å²) in [5, 5.41) is 3.95. The lowest BCUT2D eigenvalue weighted by molar-refractivity contribution is 0.110. The zero-order chi connectivity index (χ0) is 9.42. The van der Waals surface area contributed by atoms with Gasteiger partial charge in [-0.05, 0) is 0 Å². The van der Waals surface area contributed by atoms with Crippen molar-refractivity contribution in [3.63, 3.8) is 0 Å². The molecule has 1 aromatic heterocycles. The molecule has 0 radical (unpaired) electrons. The third-order valence-electron chi connectivity index (χ3n) is 2.02. The molecule has 1 aliphatic rings. The van der Waals surface area contributed by atoms with Crippen LogP contribution in [0.1, 0.15) is 11.3 Å². The lowest BCUT2D eigenvalue weighted by Crippen LogP contribution is -2.15. The minimum atomic E-state index is -0.132. The molecular formula is C7H8IN3O2. The molecule has 2 rings (SSSR count). The van der Waals surface area contributed by atoms with Gasteiger partial charge in [0.25, 0.3) is 0 Å². The van der Waals surface area contributed by atoms with E-state index in [1.54, 1.807) is 22.6 Å². The highest BCUT2D eigenvalue weighted by Crippen LogP contribution is 2.22. The summed E-state index contributed by atoms with van der Waals surface area (Å²) in [6.45, 7) is 1.09. The molecule has 0 spiro atoms. The molecule has 13 heavy (non-hydrogen) atoms. The van der Waals surface area contributed by atoms with E-state index in [4.69, 9.17) is 10.5 Å². The van der Waals surface area contributed by atoms with Crippen LogP contribution in [0.25, 0.3) is 0 Å².